The van der Waals surface area contributed by atoms with Crippen molar-refractivity contribution >= 4 is 8.25 Å². The smallest absolute Gasteiger partial charge is 0.322 e. The molecular formula is C42H89N2O7P. The Bertz CT molecular complexity index is 675. The second kappa shape index (κ2) is 36.5. The predicted octanol–water partition coefficient (Wildman–Crippen LogP) is 10.4. The van der Waals surface area contributed by atoms with E-state index in [0.717, 1.165) is 77.0 Å². The Labute approximate surface area is 323 Å². The number of hydrogen-bond donors (Lipinski definition) is 4. The Morgan fingerprint density at radius 1 is 0.385 bits per heavy atom. The molecule has 0 heterocycles. The van der Waals surface area contributed by atoms with Gasteiger partial charge in [-0.1, -0.05) is 156 Å². The first-order valence-electron chi connectivity index (χ1n) is 22.2. The molecule has 314 valence electrons. The van der Waals surface area contributed by atoms with E-state index in [2.05, 4.69) is 27.7 Å². The highest BCUT2D eigenvalue weighted by molar-refractivity contribution is 7.33. The van der Waals surface area contributed by atoms with Crippen LogP contribution < -0.4 is 0 Å². The maximum Gasteiger partial charge on any atom is 0.322 e. The zero-order valence-electron chi connectivity index (χ0n) is 34.9. The van der Waals surface area contributed by atoms with Gasteiger partial charge in [-0.3, -0.25) is 23.4 Å². The zero-order chi connectivity index (χ0) is 38.6. The van der Waals surface area contributed by atoms with Gasteiger partial charge in [0.15, 0.2) is 0 Å². The molecule has 0 bridgehead atoms. The molecule has 0 radical (unpaired) electrons. The van der Waals surface area contributed by atoms with Crippen molar-refractivity contribution in [3.63, 3.8) is 0 Å². The van der Waals surface area contributed by atoms with Crippen molar-refractivity contribution in [2.45, 2.75) is 219 Å². The largest absolute Gasteiger partial charge is 0.395 e. The monoisotopic (exact) mass is 765 g/mol. The molecule has 0 rings (SSSR count). The number of rotatable bonds is 42. The molecular weight excluding hydrogens is 675 g/mol. The van der Waals surface area contributed by atoms with E-state index < -0.39 is 19.7 Å². The Kier molecular flexibility index (Phi) is 36.5. The van der Waals surface area contributed by atoms with Crippen molar-refractivity contribution < 1.29 is 34.0 Å². The minimum Gasteiger partial charge on any atom is -0.395 e. The first-order chi connectivity index (χ1) is 25.4. The number of unbranched alkanes of at least 4 members (excludes halogenated alkanes) is 20. The van der Waals surface area contributed by atoms with Crippen molar-refractivity contribution in [3.05, 3.63) is 0 Å². The van der Waals surface area contributed by atoms with Crippen LogP contribution in [0.15, 0.2) is 0 Å². The minimum absolute atomic E-state index is 0.0827. The Hall–Kier alpha value is -0.0900. The van der Waals surface area contributed by atoms with E-state index in [4.69, 9.17) is 9.05 Å². The van der Waals surface area contributed by atoms with Crippen LogP contribution in [0.25, 0.3) is 0 Å². The maximum atomic E-state index is 14.6. The van der Waals surface area contributed by atoms with Crippen LogP contribution in [-0.2, 0) is 13.6 Å². The molecule has 0 aromatic heterocycles. The van der Waals surface area contributed by atoms with Gasteiger partial charge in [-0.2, -0.15) is 0 Å². The molecule has 10 heteroatoms. The fraction of sp³-hybridized carbons (Fsp3) is 1.00. The highest BCUT2D eigenvalue weighted by Crippen LogP contribution is 2.46. The highest BCUT2D eigenvalue weighted by Gasteiger charge is 2.43. The lowest BCUT2D eigenvalue weighted by molar-refractivity contribution is -0.144. The van der Waals surface area contributed by atoms with Crippen molar-refractivity contribution in [2.24, 2.45) is 0 Å². The molecule has 9 nitrogen and oxygen atoms in total. The summed E-state index contributed by atoms with van der Waals surface area (Å²) in [6.45, 7) is 9.85. The SMILES string of the molecule is CCCCCCCCC(CCCCCCCC)(O[PH](=O)OC(CCCCCCCC)(CCCCCCCC)N(CCO)CCO)N(CCO)CCO. The summed E-state index contributed by atoms with van der Waals surface area (Å²) in [7, 11) is -3.12. The van der Waals surface area contributed by atoms with Gasteiger partial charge >= 0.3 is 8.25 Å². The lowest BCUT2D eigenvalue weighted by atomic mass is 9.95. The van der Waals surface area contributed by atoms with Crippen LogP contribution in [-0.4, -0.2) is 94.3 Å². The molecule has 0 aliphatic heterocycles. The van der Waals surface area contributed by atoms with Crippen LogP contribution in [0.2, 0.25) is 0 Å². The van der Waals surface area contributed by atoms with Gasteiger partial charge in [0.25, 0.3) is 0 Å². The van der Waals surface area contributed by atoms with E-state index >= 15 is 0 Å². The van der Waals surface area contributed by atoms with Crippen LogP contribution in [0.3, 0.4) is 0 Å². The van der Waals surface area contributed by atoms with Crippen molar-refractivity contribution in [3.8, 4) is 0 Å². The summed E-state index contributed by atoms with van der Waals surface area (Å²) in [4.78, 5) is 4.05. The van der Waals surface area contributed by atoms with Crippen molar-refractivity contribution in [2.75, 3.05) is 52.6 Å². The third kappa shape index (κ3) is 24.4. The molecule has 0 aromatic rings. The topological polar surface area (TPSA) is 123 Å². The van der Waals surface area contributed by atoms with Gasteiger partial charge in [0.05, 0.1) is 26.4 Å². The number of hydrogen-bond acceptors (Lipinski definition) is 9. The van der Waals surface area contributed by atoms with E-state index in [1.165, 1.54) is 77.0 Å². The van der Waals surface area contributed by atoms with Gasteiger partial charge in [-0.05, 0) is 51.4 Å². The van der Waals surface area contributed by atoms with Gasteiger partial charge < -0.3 is 20.4 Å². The first kappa shape index (κ1) is 51.9. The Morgan fingerprint density at radius 3 is 0.808 bits per heavy atom. The van der Waals surface area contributed by atoms with Crippen LogP contribution in [0.5, 0.6) is 0 Å². The Balaban J connectivity index is 6.63. The summed E-state index contributed by atoms with van der Waals surface area (Å²) in [6, 6.07) is 0. The zero-order valence-corrected chi connectivity index (χ0v) is 35.9. The molecule has 0 saturated carbocycles. The lowest BCUT2D eigenvalue weighted by Crippen LogP contribution is -2.54. The minimum atomic E-state index is -3.12. The number of nitrogens with zero attached hydrogens (tertiary/aromatic N) is 2. The second-order valence-corrected chi connectivity index (χ2v) is 16.2. The van der Waals surface area contributed by atoms with E-state index in [1.54, 1.807) is 0 Å². The fourth-order valence-electron chi connectivity index (χ4n) is 7.79. The second-order valence-electron chi connectivity index (χ2n) is 15.3. The maximum absolute atomic E-state index is 14.6. The van der Waals surface area contributed by atoms with Crippen molar-refractivity contribution in [1.29, 1.82) is 0 Å². The molecule has 0 fully saturated rings. The fourth-order valence-corrected chi connectivity index (χ4v) is 9.12. The average molecular weight is 765 g/mol. The summed E-state index contributed by atoms with van der Waals surface area (Å²) in [5, 5.41) is 40.8. The average Bonchev–Trinajstić information content (AvgIpc) is 3.13. The van der Waals surface area contributed by atoms with Crippen LogP contribution >= 0.6 is 8.25 Å². The molecule has 0 unspecified atom stereocenters. The van der Waals surface area contributed by atoms with Gasteiger partial charge in [0, 0.05) is 26.2 Å². The molecule has 0 saturated heterocycles. The van der Waals surface area contributed by atoms with Gasteiger partial charge in [-0.25, -0.2) is 0 Å². The summed E-state index contributed by atoms with van der Waals surface area (Å²) < 4.78 is 28.3. The van der Waals surface area contributed by atoms with Gasteiger partial charge in [0.2, 0.25) is 0 Å². The van der Waals surface area contributed by atoms with Crippen LogP contribution in [0.4, 0.5) is 0 Å². The summed E-state index contributed by atoms with van der Waals surface area (Å²) in [5.74, 6) is 0. The molecule has 0 spiro atoms. The quantitative estimate of drug-likeness (QED) is 0.0273. The van der Waals surface area contributed by atoms with Crippen LogP contribution in [0, 0.1) is 0 Å². The Morgan fingerprint density at radius 2 is 0.596 bits per heavy atom. The third-order valence-electron chi connectivity index (χ3n) is 10.9. The summed E-state index contributed by atoms with van der Waals surface area (Å²) in [5.41, 5.74) is -1.86. The lowest BCUT2D eigenvalue weighted by Gasteiger charge is -2.46. The molecule has 0 amide bonds. The number of aliphatic hydroxyl groups is 4. The van der Waals surface area contributed by atoms with Gasteiger partial charge in [-0.15, -0.1) is 0 Å². The molecule has 0 aromatic carbocycles. The summed E-state index contributed by atoms with van der Waals surface area (Å²) in [6.07, 6.45) is 29.5. The highest BCUT2D eigenvalue weighted by atomic mass is 31.1. The molecule has 0 aliphatic rings. The van der Waals surface area contributed by atoms with Crippen molar-refractivity contribution in [1.82, 2.24) is 9.80 Å². The van der Waals surface area contributed by atoms with E-state index in [-0.39, 0.29) is 26.4 Å². The predicted molar refractivity (Wildman–Crippen MR) is 220 cm³/mol. The number of aliphatic hydroxyl groups excluding tert-OH is 4. The molecule has 4 N–H and O–H groups in total. The first-order valence-corrected chi connectivity index (χ1v) is 23.5. The van der Waals surface area contributed by atoms with E-state index in [1.807, 2.05) is 9.80 Å². The standard InChI is InChI=1S/C42H89N2O7P/c1-5-9-13-17-21-25-29-41(43(33-37-45)34-38-46,30-26-22-18-14-10-6-2)50-52(49)51-42(44(35-39-47)36-40-48,31-27-23-19-15-11-7-3)32-28-24-20-16-12-8-4/h45-48,52H,5-40H2,1-4H3. The van der Waals surface area contributed by atoms with Crippen LogP contribution in [0.1, 0.15) is 207 Å². The van der Waals surface area contributed by atoms with Gasteiger partial charge in [0.1, 0.15) is 11.4 Å². The third-order valence-corrected chi connectivity index (χ3v) is 12.0. The summed E-state index contributed by atoms with van der Waals surface area (Å²) >= 11 is 0. The molecule has 52 heavy (non-hydrogen) atoms. The van der Waals surface area contributed by atoms with E-state index in [0.29, 0.717) is 51.9 Å². The molecule has 0 atom stereocenters. The molecule has 0 aliphatic carbocycles. The van der Waals surface area contributed by atoms with E-state index in [9.17, 15) is 25.0 Å². The normalized spacial score (nSPS) is 12.7.